The standard InChI is InChI=1S/C16H17ClN4/c1-2-9-18-10-14-12(17)7-8-16(20-14)21-11-19-13-5-3-4-6-15(13)21/h3-8,11,18H,2,9-10H2,1H3. The van der Waals surface area contributed by atoms with Gasteiger partial charge in [-0.2, -0.15) is 0 Å². The maximum Gasteiger partial charge on any atom is 0.138 e. The van der Waals surface area contributed by atoms with Crippen molar-refractivity contribution in [2.75, 3.05) is 6.54 Å². The van der Waals surface area contributed by atoms with Gasteiger partial charge in [-0.1, -0.05) is 30.7 Å². The lowest BCUT2D eigenvalue weighted by molar-refractivity contribution is 0.663. The van der Waals surface area contributed by atoms with Crippen molar-refractivity contribution in [2.45, 2.75) is 19.9 Å². The minimum atomic E-state index is 0.674. The van der Waals surface area contributed by atoms with E-state index in [2.05, 4.69) is 22.2 Å². The molecule has 0 bridgehead atoms. The van der Waals surface area contributed by atoms with Gasteiger partial charge in [0.2, 0.25) is 0 Å². The Kier molecular flexibility index (Phi) is 4.18. The molecule has 0 aliphatic carbocycles. The van der Waals surface area contributed by atoms with Crippen molar-refractivity contribution >= 4 is 22.6 Å². The van der Waals surface area contributed by atoms with E-state index < -0.39 is 0 Å². The fourth-order valence-electron chi connectivity index (χ4n) is 2.26. The number of rotatable bonds is 5. The van der Waals surface area contributed by atoms with Gasteiger partial charge in [-0.3, -0.25) is 4.57 Å². The SMILES string of the molecule is CCCNCc1nc(-n2cnc3ccccc32)ccc1Cl. The maximum absolute atomic E-state index is 6.23. The first-order chi connectivity index (χ1) is 10.3. The number of fused-ring (bicyclic) bond motifs is 1. The molecular formula is C16H17ClN4. The number of para-hydroxylation sites is 2. The summed E-state index contributed by atoms with van der Waals surface area (Å²) in [5.41, 5.74) is 2.86. The van der Waals surface area contributed by atoms with Crippen LogP contribution in [0.1, 0.15) is 19.0 Å². The molecule has 21 heavy (non-hydrogen) atoms. The van der Waals surface area contributed by atoms with Crippen molar-refractivity contribution in [1.82, 2.24) is 19.9 Å². The van der Waals surface area contributed by atoms with Crippen molar-refractivity contribution in [3.8, 4) is 5.82 Å². The Hall–Kier alpha value is -1.91. The highest BCUT2D eigenvalue weighted by Gasteiger charge is 2.08. The van der Waals surface area contributed by atoms with Crippen LogP contribution >= 0.6 is 11.6 Å². The first-order valence-electron chi connectivity index (χ1n) is 7.08. The Bertz CT molecular complexity index is 751. The number of nitrogens with zero attached hydrogens (tertiary/aromatic N) is 3. The third-order valence-corrected chi connectivity index (χ3v) is 3.67. The lowest BCUT2D eigenvalue weighted by Gasteiger charge is -2.09. The summed E-state index contributed by atoms with van der Waals surface area (Å²) in [6.45, 7) is 3.76. The van der Waals surface area contributed by atoms with Crippen LogP contribution in [-0.2, 0) is 6.54 Å². The fraction of sp³-hybridized carbons (Fsp3) is 0.250. The normalized spacial score (nSPS) is 11.1. The first-order valence-corrected chi connectivity index (χ1v) is 7.46. The van der Waals surface area contributed by atoms with Crippen LogP contribution in [-0.4, -0.2) is 21.1 Å². The van der Waals surface area contributed by atoms with Crippen LogP contribution in [0.2, 0.25) is 5.02 Å². The van der Waals surface area contributed by atoms with E-state index >= 15 is 0 Å². The highest BCUT2D eigenvalue weighted by molar-refractivity contribution is 6.31. The van der Waals surface area contributed by atoms with Crippen molar-refractivity contribution in [3.05, 3.63) is 53.4 Å². The average molecular weight is 301 g/mol. The molecule has 2 aromatic heterocycles. The minimum absolute atomic E-state index is 0.674. The van der Waals surface area contributed by atoms with Crippen LogP contribution in [0.15, 0.2) is 42.7 Å². The molecule has 0 amide bonds. The molecule has 0 saturated heterocycles. The molecular weight excluding hydrogens is 284 g/mol. The third-order valence-electron chi connectivity index (χ3n) is 3.32. The van der Waals surface area contributed by atoms with Gasteiger partial charge in [0.25, 0.3) is 0 Å². The molecule has 1 aromatic carbocycles. The second kappa shape index (κ2) is 6.24. The quantitative estimate of drug-likeness (QED) is 0.733. The smallest absolute Gasteiger partial charge is 0.138 e. The second-order valence-corrected chi connectivity index (χ2v) is 5.29. The molecule has 0 fully saturated rings. The van der Waals surface area contributed by atoms with Gasteiger partial charge >= 0.3 is 0 Å². The molecule has 0 unspecified atom stereocenters. The molecule has 0 aliphatic heterocycles. The number of hydrogen-bond acceptors (Lipinski definition) is 3. The van der Waals surface area contributed by atoms with Gasteiger partial charge in [0.15, 0.2) is 0 Å². The summed E-state index contributed by atoms with van der Waals surface area (Å²) in [4.78, 5) is 9.06. The highest BCUT2D eigenvalue weighted by atomic mass is 35.5. The lowest BCUT2D eigenvalue weighted by atomic mass is 10.3. The molecule has 108 valence electrons. The topological polar surface area (TPSA) is 42.7 Å². The predicted molar refractivity (Wildman–Crippen MR) is 85.9 cm³/mol. The minimum Gasteiger partial charge on any atom is -0.311 e. The van der Waals surface area contributed by atoms with Crippen LogP contribution in [0.5, 0.6) is 0 Å². The average Bonchev–Trinajstić information content (AvgIpc) is 2.93. The zero-order valence-electron chi connectivity index (χ0n) is 11.9. The van der Waals surface area contributed by atoms with Crippen molar-refractivity contribution in [1.29, 1.82) is 0 Å². The molecule has 0 saturated carbocycles. The van der Waals surface area contributed by atoms with E-state index in [0.717, 1.165) is 35.5 Å². The van der Waals surface area contributed by atoms with E-state index in [4.69, 9.17) is 11.6 Å². The molecule has 0 atom stereocenters. The summed E-state index contributed by atoms with van der Waals surface area (Å²) in [6, 6.07) is 11.8. The maximum atomic E-state index is 6.23. The van der Waals surface area contributed by atoms with Gasteiger partial charge in [0, 0.05) is 6.54 Å². The van der Waals surface area contributed by atoms with Crippen molar-refractivity contribution < 1.29 is 0 Å². The Labute approximate surface area is 128 Å². The third kappa shape index (κ3) is 2.91. The summed E-state index contributed by atoms with van der Waals surface area (Å²) in [5, 5.41) is 4.02. The van der Waals surface area contributed by atoms with E-state index in [1.807, 2.05) is 41.0 Å². The highest BCUT2D eigenvalue weighted by Crippen LogP contribution is 2.20. The van der Waals surface area contributed by atoms with Crippen LogP contribution < -0.4 is 5.32 Å². The van der Waals surface area contributed by atoms with Crippen molar-refractivity contribution in [3.63, 3.8) is 0 Å². The molecule has 2 heterocycles. The van der Waals surface area contributed by atoms with E-state index in [1.54, 1.807) is 6.33 Å². The van der Waals surface area contributed by atoms with Gasteiger partial charge in [0.05, 0.1) is 21.7 Å². The molecule has 5 heteroatoms. The number of aromatic nitrogens is 3. The van der Waals surface area contributed by atoms with Crippen LogP contribution in [0, 0.1) is 0 Å². The van der Waals surface area contributed by atoms with E-state index in [0.29, 0.717) is 11.6 Å². The second-order valence-electron chi connectivity index (χ2n) is 4.88. The molecule has 3 aromatic rings. The summed E-state index contributed by atoms with van der Waals surface area (Å²) in [5.74, 6) is 0.835. The number of nitrogens with one attached hydrogen (secondary N) is 1. The van der Waals surface area contributed by atoms with Gasteiger partial charge in [0.1, 0.15) is 12.1 Å². The summed E-state index contributed by atoms with van der Waals surface area (Å²) >= 11 is 6.23. The number of hydrogen-bond donors (Lipinski definition) is 1. The lowest BCUT2D eigenvalue weighted by Crippen LogP contribution is -2.15. The number of pyridine rings is 1. The summed E-state index contributed by atoms with van der Waals surface area (Å²) < 4.78 is 1.98. The molecule has 1 N–H and O–H groups in total. The number of imidazole rings is 1. The summed E-state index contributed by atoms with van der Waals surface area (Å²) in [7, 11) is 0. The Balaban J connectivity index is 1.97. The molecule has 0 radical (unpaired) electrons. The van der Waals surface area contributed by atoms with E-state index in [9.17, 15) is 0 Å². The van der Waals surface area contributed by atoms with Gasteiger partial charge < -0.3 is 5.32 Å². The van der Waals surface area contributed by atoms with E-state index in [1.165, 1.54) is 0 Å². The Morgan fingerprint density at radius 3 is 2.90 bits per heavy atom. The number of benzene rings is 1. The summed E-state index contributed by atoms with van der Waals surface area (Å²) in [6.07, 6.45) is 2.88. The zero-order chi connectivity index (χ0) is 14.7. The Morgan fingerprint density at radius 1 is 1.19 bits per heavy atom. The van der Waals surface area contributed by atoms with Crippen LogP contribution in [0.4, 0.5) is 0 Å². The van der Waals surface area contributed by atoms with Gasteiger partial charge in [-0.15, -0.1) is 0 Å². The largest absolute Gasteiger partial charge is 0.311 e. The van der Waals surface area contributed by atoms with Gasteiger partial charge in [-0.05, 0) is 37.2 Å². The predicted octanol–water partition coefficient (Wildman–Crippen LogP) is 3.57. The monoisotopic (exact) mass is 300 g/mol. The molecule has 0 spiro atoms. The van der Waals surface area contributed by atoms with Crippen LogP contribution in [0.3, 0.4) is 0 Å². The molecule has 0 aliphatic rings. The van der Waals surface area contributed by atoms with Gasteiger partial charge in [-0.25, -0.2) is 9.97 Å². The Morgan fingerprint density at radius 2 is 2.05 bits per heavy atom. The molecule has 3 rings (SSSR count). The van der Waals surface area contributed by atoms with E-state index in [-0.39, 0.29) is 0 Å². The fourth-order valence-corrected chi connectivity index (χ4v) is 2.43. The van der Waals surface area contributed by atoms with Crippen molar-refractivity contribution in [2.24, 2.45) is 0 Å². The first kappa shape index (κ1) is 14.0. The molecule has 4 nitrogen and oxygen atoms in total. The van der Waals surface area contributed by atoms with Crippen LogP contribution in [0.25, 0.3) is 16.9 Å². The zero-order valence-corrected chi connectivity index (χ0v) is 12.6. The number of halogens is 1.